The minimum atomic E-state index is -4.61. The van der Waals surface area contributed by atoms with Gasteiger partial charge in [-0.05, 0) is 44.9 Å². The highest BCUT2D eigenvalue weighted by molar-refractivity contribution is 5.93. The van der Waals surface area contributed by atoms with Gasteiger partial charge in [0.1, 0.15) is 11.4 Å². The first-order valence-electron chi connectivity index (χ1n) is 11.3. The number of amides is 2. The number of carbonyl (C=O) groups is 2. The van der Waals surface area contributed by atoms with Gasteiger partial charge in [-0.3, -0.25) is 9.69 Å². The molecule has 2 amide bonds. The monoisotopic (exact) mass is 490 g/mol. The zero-order valence-electron chi connectivity index (χ0n) is 20.0. The third-order valence-electron chi connectivity index (χ3n) is 5.57. The number of ether oxygens (including phenoxy) is 1. The van der Waals surface area contributed by atoms with Crippen molar-refractivity contribution in [1.29, 1.82) is 0 Å². The van der Waals surface area contributed by atoms with Crippen LogP contribution in [-0.2, 0) is 9.53 Å². The van der Waals surface area contributed by atoms with E-state index in [1.165, 1.54) is 18.3 Å². The maximum atomic E-state index is 13.9. The van der Waals surface area contributed by atoms with Gasteiger partial charge in [-0.25, -0.2) is 9.78 Å². The molecule has 35 heavy (non-hydrogen) atoms. The van der Waals surface area contributed by atoms with Gasteiger partial charge in [0.15, 0.2) is 0 Å². The lowest BCUT2D eigenvalue weighted by molar-refractivity contribution is -0.118. The number of aromatic nitrogens is 1. The molecule has 1 N–H and O–H groups in total. The molecule has 1 aromatic heterocycles. The number of anilines is 1. The molecule has 1 aliphatic carbocycles. The molecule has 0 bridgehead atoms. The van der Waals surface area contributed by atoms with Crippen molar-refractivity contribution in [2.75, 3.05) is 38.0 Å². The molecule has 2 aliphatic rings. The van der Waals surface area contributed by atoms with Crippen molar-refractivity contribution < 1.29 is 27.5 Å². The predicted molar refractivity (Wildman–Crippen MR) is 125 cm³/mol. The van der Waals surface area contributed by atoms with E-state index in [1.54, 1.807) is 31.7 Å². The molecular formula is C25H29F3N4O3. The van der Waals surface area contributed by atoms with Gasteiger partial charge in [0.2, 0.25) is 5.91 Å². The van der Waals surface area contributed by atoms with Crippen LogP contribution in [0.5, 0.6) is 0 Å². The van der Waals surface area contributed by atoms with Crippen LogP contribution < -0.4 is 5.32 Å². The van der Waals surface area contributed by atoms with Crippen LogP contribution in [0.3, 0.4) is 0 Å². The summed E-state index contributed by atoms with van der Waals surface area (Å²) in [6.45, 7) is 6.98. The summed E-state index contributed by atoms with van der Waals surface area (Å²) >= 11 is 0. The first kappa shape index (κ1) is 26.3. The van der Waals surface area contributed by atoms with Crippen LogP contribution >= 0.6 is 0 Å². The molecule has 1 atom stereocenters. The second-order valence-electron chi connectivity index (χ2n) is 9.46. The van der Waals surface area contributed by atoms with Crippen molar-refractivity contribution in [3.8, 4) is 12.3 Å². The van der Waals surface area contributed by atoms with Crippen molar-refractivity contribution >= 4 is 17.8 Å². The number of piperazine rings is 1. The van der Waals surface area contributed by atoms with Crippen molar-refractivity contribution in [2.45, 2.75) is 39.0 Å². The number of alkyl halides is 3. The Morgan fingerprint density at radius 2 is 1.91 bits per heavy atom. The maximum Gasteiger partial charge on any atom is 0.416 e. The zero-order chi connectivity index (χ0) is 25.8. The fourth-order valence-electron chi connectivity index (χ4n) is 3.83. The Hall–Kier alpha value is -3.32. The number of nitrogens with zero attached hydrogens (tertiary/aromatic N) is 3. The van der Waals surface area contributed by atoms with E-state index in [0.29, 0.717) is 31.7 Å². The summed E-state index contributed by atoms with van der Waals surface area (Å²) in [5, 5.41) is 2.54. The number of allylic oxidation sites excluding steroid dienone is 1. The standard InChI is InChI=1S/C25H29F3N4O3/c1-5-17-8-9-29-21(14-17)30-22(33)18-6-7-19(20(15-18)25(26,27)28)16-31-10-12-32(13-11-31)23(34)35-24(2,3)4/h1,7-9,14-15,18H,6,10-13,16H2,2-4H3,(H,29,30,33). The summed E-state index contributed by atoms with van der Waals surface area (Å²) in [5.41, 5.74) is -0.806. The number of halogens is 3. The Morgan fingerprint density at radius 3 is 2.51 bits per heavy atom. The largest absolute Gasteiger partial charge is 0.444 e. The lowest BCUT2D eigenvalue weighted by Crippen LogP contribution is -2.50. The highest BCUT2D eigenvalue weighted by Crippen LogP contribution is 2.37. The third-order valence-corrected chi connectivity index (χ3v) is 5.57. The predicted octanol–water partition coefficient (Wildman–Crippen LogP) is 3.99. The molecule has 1 saturated heterocycles. The number of terminal acetylenes is 1. The smallest absolute Gasteiger partial charge is 0.416 e. The van der Waals surface area contributed by atoms with E-state index in [9.17, 15) is 22.8 Å². The van der Waals surface area contributed by atoms with Gasteiger partial charge >= 0.3 is 12.3 Å². The van der Waals surface area contributed by atoms with Gasteiger partial charge in [-0.2, -0.15) is 13.2 Å². The first-order chi connectivity index (χ1) is 16.4. The topological polar surface area (TPSA) is 74.8 Å². The van der Waals surface area contributed by atoms with Crippen LogP contribution in [0.15, 0.2) is 41.6 Å². The second kappa shape index (κ2) is 10.5. The van der Waals surface area contributed by atoms with Crippen LogP contribution in [0, 0.1) is 18.3 Å². The molecule has 1 aliphatic heterocycles. The van der Waals surface area contributed by atoms with Gasteiger partial charge in [0.25, 0.3) is 0 Å². The van der Waals surface area contributed by atoms with Gasteiger partial charge in [-0.15, -0.1) is 6.42 Å². The molecule has 3 rings (SSSR count). The van der Waals surface area contributed by atoms with Gasteiger partial charge in [0, 0.05) is 44.5 Å². The quantitative estimate of drug-likeness (QED) is 0.646. The van der Waals surface area contributed by atoms with Crippen LogP contribution in [0.2, 0.25) is 0 Å². The average Bonchev–Trinajstić information content (AvgIpc) is 2.78. The number of rotatable bonds is 4. The zero-order valence-corrected chi connectivity index (χ0v) is 20.0. The van der Waals surface area contributed by atoms with E-state index in [1.807, 2.05) is 4.90 Å². The van der Waals surface area contributed by atoms with Crippen LogP contribution in [0.1, 0.15) is 32.8 Å². The molecule has 0 radical (unpaired) electrons. The molecule has 0 spiro atoms. The second-order valence-corrected chi connectivity index (χ2v) is 9.46. The Labute approximate surface area is 203 Å². The molecule has 10 heteroatoms. The number of pyridine rings is 1. The Morgan fingerprint density at radius 1 is 1.23 bits per heavy atom. The van der Waals surface area contributed by atoms with E-state index < -0.39 is 35.3 Å². The number of nitrogens with one attached hydrogen (secondary N) is 1. The minimum Gasteiger partial charge on any atom is -0.444 e. The lowest BCUT2D eigenvalue weighted by atomic mass is 9.89. The highest BCUT2D eigenvalue weighted by Gasteiger charge is 2.39. The fraction of sp³-hybridized carbons (Fsp3) is 0.480. The Kier molecular flexibility index (Phi) is 7.90. The summed E-state index contributed by atoms with van der Waals surface area (Å²) in [5.74, 6) is 1.02. The van der Waals surface area contributed by atoms with Crippen molar-refractivity contribution in [3.63, 3.8) is 0 Å². The van der Waals surface area contributed by atoms with Gasteiger partial charge in [-0.1, -0.05) is 18.1 Å². The molecule has 7 nitrogen and oxygen atoms in total. The molecule has 0 saturated carbocycles. The molecule has 188 valence electrons. The molecular weight excluding hydrogens is 461 g/mol. The van der Waals surface area contributed by atoms with Crippen molar-refractivity contribution in [1.82, 2.24) is 14.8 Å². The number of hydrogen-bond acceptors (Lipinski definition) is 5. The SMILES string of the molecule is C#Cc1ccnc(NC(=O)C2C=C(C(F)(F)F)C(CN3CCN(C(=O)OC(C)(C)C)CC3)=CC2)c1. The third kappa shape index (κ3) is 7.33. The molecule has 2 heterocycles. The Bertz CT molecular complexity index is 1060. The van der Waals surface area contributed by atoms with Gasteiger partial charge < -0.3 is 15.0 Å². The summed E-state index contributed by atoms with van der Waals surface area (Å²) in [6, 6.07) is 3.06. The number of hydrogen-bond donors (Lipinski definition) is 1. The summed E-state index contributed by atoms with van der Waals surface area (Å²) in [7, 11) is 0. The Balaban J connectivity index is 1.63. The van der Waals surface area contributed by atoms with Crippen molar-refractivity contribution in [3.05, 3.63) is 47.2 Å². The number of carbonyl (C=O) groups excluding carboxylic acids is 2. The molecule has 1 unspecified atom stereocenters. The van der Waals surface area contributed by atoms with Crippen LogP contribution in [0.25, 0.3) is 0 Å². The summed E-state index contributed by atoms with van der Waals surface area (Å²) in [4.78, 5) is 32.3. The average molecular weight is 491 g/mol. The van der Waals surface area contributed by atoms with E-state index in [2.05, 4.69) is 16.2 Å². The highest BCUT2D eigenvalue weighted by atomic mass is 19.4. The van der Waals surface area contributed by atoms with E-state index >= 15 is 0 Å². The van der Waals surface area contributed by atoms with Gasteiger partial charge in [0.05, 0.1) is 11.5 Å². The maximum absolute atomic E-state index is 13.9. The van der Waals surface area contributed by atoms with E-state index in [0.717, 1.165) is 6.08 Å². The van der Waals surface area contributed by atoms with E-state index in [4.69, 9.17) is 11.2 Å². The molecule has 0 aromatic carbocycles. The molecule has 1 aromatic rings. The van der Waals surface area contributed by atoms with E-state index in [-0.39, 0.29) is 24.4 Å². The summed E-state index contributed by atoms with van der Waals surface area (Å²) < 4.78 is 47.0. The van der Waals surface area contributed by atoms with Crippen LogP contribution in [0.4, 0.5) is 23.8 Å². The van der Waals surface area contributed by atoms with Crippen molar-refractivity contribution in [2.24, 2.45) is 5.92 Å². The van der Waals surface area contributed by atoms with Crippen LogP contribution in [-0.4, -0.2) is 71.3 Å². The fourth-order valence-corrected chi connectivity index (χ4v) is 3.83. The molecule has 1 fully saturated rings. The summed E-state index contributed by atoms with van der Waals surface area (Å²) in [6.07, 6.45) is 4.30. The normalized spacial score (nSPS) is 19.3. The minimum absolute atomic E-state index is 0.0770. The first-order valence-corrected chi connectivity index (χ1v) is 11.3. The lowest BCUT2D eigenvalue weighted by Gasteiger charge is -2.36.